The highest BCUT2D eigenvalue weighted by Gasteiger charge is 2.22. The van der Waals surface area contributed by atoms with E-state index in [-0.39, 0.29) is 0 Å². The van der Waals surface area contributed by atoms with Crippen LogP contribution in [0.15, 0.2) is 54.6 Å². The summed E-state index contributed by atoms with van der Waals surface area (Å²) in [5.41, 5.74) is 1.48. The summed E-state index contributed by atoms with van der Waals surface area (Å²) < 4.78 is 0. The largest absolute Gasteiger partial charge is 0.370 e. The number of carbonyl (C=O) groups excluding carboxylic acids is 2. The van der Waals surface area contributed by atoms with Crippen molar-refractivity contribution in [1.82, 2.24) is 10.6 Å². The molecule has 0 radical (unpaired) electrons. The highest BCUT2D eigenvalue weighted by Crippen LogP contribution is 2.21. The fourth-order valence-electron chi connectivity index (χ4n) is 2.05. The van der Waals surface area contributed by atoms with Crippen LogP contribution in [0.4, 0.5) is 10.5 Å². The molecule has 0 fully saturated rings. The Hall–Kier alpha value is -2.53. The Bertz CT molecular complexity index is 659. The Morgan fingerprint density at radius 2 is 1.70 bits per heavy atom. The first-order chi connectivity index (χ1) is 11.1. The molecule has 2 rings (SSSR count). The zero-order valence-electron chi connectivity index (χ0n) is 12.7. The van der Waals surface area contributed by atoms with Crippen LogP contribution in [0.25, 0.3) is 0 Å². The number of carbonyl (C=O) groups is 2. The molecule has 2 aromatic rings. The molecule has 6 heteroatoms. The maximum atomic E-state index is 12.4. The second kappa shape index (κ2) is 8.19. The molecule has 1 atom stereocenters. The predicted octanol–water partition coefficient (Wildman–Crippen LogP) is 3.34. The van der Waals surface area contributed by atoms with Gasteiger partial charge in [-0.3, -0.25) is 10.1 Å². The van der Waals surface area contributed by atoms with Crippen LogP contribution in [0.2, 0.25) is 5.02 Å². The van der Waals surface area contributed by atoms with Crippen molar-refractivity contribution in [2.45, 2.75) is 13.0 Å². The van der Waals surface area contributed by atoms with Crippen LogP contribution in [0.3, 0.4) is 0 Å². The lowest BCUT2D eigenvalue weighted by atomic mass is 10.1. The first kappa shape index (κ1) is 16.8. The van der Waals surface area contributed by atoms with Gasteiger partial charge in [-0.1, -0.05) is 41.9 Å². The van der Waals surface area contributed by atoms with E-state index in [2.05, 4.69) is 16.0 Å². The molecule has 0 saturated heterocycles. The molecule has 5 nitrogen and oxygen atoms in total. The van der Waals surface area contributed by atoms with Crippen molar-refractivity contribution in [3.05, 3.63) is 65.2 Å². The molecule has 0 aliphatic heterocycles. The van der Waals surface area contributed by atoms with Crippen molar-refractivity contribution < 1.29 is 9.59 Å². The van der Waals surface area contributed by atoms with Gasteiger partial charge in [0.05, 0.1) is 0 Å². The van der Waals surface area contributed by atoms with Gasteiger partial charge in [0.1, 0.15) is 6.04 Å². The molecule has 0 heterocycles. The van der Waals surface area contributed by atoms with E-state index in [1.165, 1.54) is 0 Å². The summed E-state index contributed by atoms with van der Waals surface area (Å²) in [5.74, 6) is -0.433. The SMILES string of the molecule is CCNC(=O)NC(=O)[C@H](Nc1ccc(Cl)cc1)c1ccccc1. The summed E-state index contributed by atoms with van der Waals surface area (Å²) in [6, 6.07) is 15.0. The summed E-state index contributed by atoms with van der Waals surface area (Å²) in [6.45, 7) is 2.23. The Kier molecular flexibility index (Phi) is 6.00. The molecule has 0 bridgehead atoms. The van der Waals surface area contributed by atoms with Crippen molar-refractivity contribution in [2.24, 2.45) is 0 Å². The summed E-state index contributed by atoms with van der Waals surface area (Å²) in [7, 11) is 0. The van der Waals surface area contributed by atoms with E-state index in [0.29, 0.717) is 11.6 Å². The number of anilines is 1. The van der Waals surface area contributed by atoms with Crippen LogP contribution < -0.4 is 16.0 Å². The third kappa shape index (κ3) is 5.00. The van der Waals surface area contributed by atoms with Gasteiger partial charge in [0, 0.05) is 17.3 Å². The minimum Gasteiger partial charge on any atom is -0.370 e. The number of imide groups is 1. The van der Waals surface area contributed by atoms with E-state index in [9.17, 15) is 9.59 Å². The number of hydrogen-bond acceptors (Lipinski definition) is 3. The molecule has 120 valence electrons. The maximum absolute atomic E-state index is 12.4. The van der Waals surface area contributed by atoms with Crippen molar-refractivity contribution in [1.29, 1.82) is 0 Å². The first-order valence-electron chi connectivity index (χ1n) is 7.26. The van der Waals surface area contributed by atoms with Crippen LogP contribution in [0.5, 0.6) is 0 Å². The summed E-state index contributed by atoms with van der Waals surface area (Å²) in [5, 5.41) is 8.60. The van der Waals surface area contributed by atoms with Gasteiger partial charge < -0.3 is 10.6 Å². The average molecular weight is 332 g/mol. The Balaban J connectivity index is 2.20. The minimum atomic E-state index is -0.694. The van der Waals surface area contributed by atoms with Gasteiger partial charge >= 0.3 is 6.03 Å². The van der Waals surface area contributed by atoms with Gasteiger partial charge in [0.15, 0.2) is 0 Å². The first-order valence-corrected chi connectivity index (χ1v) is 7.63. The highest BCUT2D eigenvalue weighted by atomic mass is 35.5. The second-order valence-corrected chi connectivity index (χ2v) is 5.28. The third-order valence-electron chi connectivity index (χ3n) is 3.12. The van der Waals surface area contributed by atoms with E-state index < -0.39 is 18.0 Å². The van der Waals surface area contributed by atoms with Gasteiger partial charge in [-0.25, -0.2) is 4.79 Å². The zero-order chi connectivity index (χ0) is 16.7. The highest BCUT2D eigenvalue weighted by molar-refractivity contribution is 6.30. The van der Waals surface area contributed by atoms with Crippen LogP contribution >= 0.6 is 11.6 Å². The zero-order valence-corrected chi connectivity index (χ0v) is 13.4. The van der Waals surface area contributed by atoms with Gasteiger partial charge in [-0.15, -0.1) is 0 Å². The fraction of sp³-hybridized carbons (Fsp3) is 0.176. The number of halogens is 1. The van der Waals surface area contributed by atoms with Crippen LogP contribution in [0.1, 0.15) is 18.5 Å². The van der Waals surface area contributed by atoms with Crippen LogP contribution in [0, 0.1) is 0 Å². The topological polar surface area (TPSA) is 70.2 Å². The molecule has 3 amide bonds. The lowest BCUT2D eigenvalue weighted by molar-refractivity contribution is -0.120. The minimum absolute atomic E-state index is 0.433. The van der Waals surface area contributed by atoms with Gasteiger partial charge in [-0.2, -0.15) is 0 Å². The Morgan fingerprint density at radius 1 is 1.04 bits per heavy atom. The van der Waals surface area contributed by atoms with E-state index in [4.69, 9.17) is 11.6 Å². The molecule has 2 aromatic carbocycles. The van der Waals surface area contributed by atoms with Gasteiger partial charge in [0.2, 0.25) is 0 Å². The normalized spacial score (nSPS) is 11.4. The number of amides is 3. The van der Waals surface area contributed by atoms with E-state index in [1.807, 2.05) is 30.3 Å². The quantitative estimate of drug-likeness (QED) is 0.787. The van der Waals surface area contributed by atoms with Crippen LogP contribution in [-0.4, -0.2) is 18.5 Å². The molecule has 0 aromatic heterocycles. The molecule has 0 spiro atoms. The average Bonchev–Trinajstić information content (AvgIpc) is 2.55. The standard InChI is InChI=1S/C17H18ClN3O2/c1-2-19-17(23)21-16(22)15(12-6-4-3-5-7-12)20-14-10-8-13(18)9-11-14/h3-11,15,20H,2H2,1H3,(H2,19,21,22,23)/t15-/m1/s1. The van der Waals surface area contributed by atoms with Gasteiger partial charge in [-0.05, 0) is 36.8 Å². The van der Waals surface area contributed by atoms with Crippen molar-refractivity contribution in [3.8, 4) is 0 Å². The molecule has 0 aliphatic carbocycles. The van der Waals surface area contributed by atoms with E-state index in [1.54, 1.807) is 31.2 Å². The van der Waals surface area contributed by atoms with E-state index in [0.717, 1.165) is 11.3 Å². The monoisotopic (exact) mass is 331 g/mol. The molecular weight excluding hydrogens is 314 g/mol. The number of nitrogens with one attached hydrogen (secondary N) is 3. The third-order valence-corrected chi connectivity index (χ3v) is 3.38. The number of urea groups is 1. The Labute approximate surface area is 140 Å². The summed E-state index contributed by atoms with van der Waals surface area (Å²) in [6.07, 6.45) is 0. The van der Waals surface area contributed by atoms with Gasteiger partial charge in [0.25, 0.3) is 5.91 Å². The number of rotatable bonds is 5. The maximum Gasteiger partial charge on any atom is 0.321 e. The molecule has 3 N–H and O–H groups in total. The van der Waals surface area contributed by atoms with Crippen molar-refractivity contribution >= 4 is 29.2 Å². The smallest absolute Gasteiger partial charge is 0.321 e. The number of benzene rings is 2. The van der Waals surface area contributed by atoms with Crippen LogP contribution in [-0.2, 0) is 4.79 Å². The van der Waals surface area contributed by atoms with Crippen molar-refractivity contribution in [2.75, 3.05) is 11.9 Å². The summed E-state index contributed by atoms with van der Waals surface area (Å²) >= 11 is 5.87. The predicted molar refractivity (Wildman–Crippen MR) is 91.5 cm³/mol. The number of hydrogen-bond donors (Lipinski definition) is 3. The molecule has 0 aliphatic rings. The second-order valence-electron chi connectivity index (χ2n) is 4.84. The Morgan fingerprint density at radius 3 is 2.30 bits per heavy atom. The molecule has 0 unspecified atom stereocenters. The lowest BCUT2D eigenvalue weighted by Gasteiger charge is -2.19. The molecular formula is C17H18ClN3O2. The molecule has 23 heavy (non-hydrogen) atoms. The fourth-order valence-corrected chi connectivity index (χ4v) is 2.17. The molecule has 0 saturated carbocycles. The summed E-state index contributed by atoms with van der Waals surface area (Å²) in [4.78, 5) is 24.0. The van der Waals surface area contributed by atoms with Crippen molar-refractivity contribution in [3.63, 3.8) is 0 Å². The van der Waals surface area contributed by atoms with E-state index >= 15 is 0 Å². The lowest BCUT2D eigenvalue weighted by Crippen LogP contribution is -2.43.